The molecule has 2 aliphatic heterocycles. The lowest BCUT2D eigenvalue weighted by Crippen LogP contribution is -2.76. The Balaban J connectivity index is 1.63. The summed E-state index contributed by atoms with van der Waals surface area (Å²) in [4.78, 5) is 50.6. The van der Waals surface area contributed by atoms with Crippen LogP contribution >= 0.6 is 24.4 Å². The number of aromatic nitrogens is 5. The Morgan fingerprint density at radius 2 is 2.12 bits per heavy atom. The molecule has 2 N–H and O–H groups in total. The average Bonchev–Trinajstić information content (AvgIpc) is 3.18. The molecule has 2 aromatic heterocycles. The Labute approximate surface area is 190 Å². The van der Waals surface area contributed by atoms with Gasteiger partial charge < -0.3 is 15.1 Å². The number of tetrazole rings is 1. The zero-order valence-corrected chi connectivity index (χ0v) is 18.6. The van der Waals surface area contributed by atoms with E-state index < -0.39 is 51.0 Å². The van der Waals surface area contributed by atoms with Crippen LogP contribution in [0.2, 0.25) is 0 Å². The number of β-lactam (4-membered cyclic amide) rings is 1. The molecule has 2 amide bonds. The second kappa shape index (κ2) is 7.81. The van der Waals surface area contributed by atoms with E-state index in [4.69, 9.17) is 0 Å². The van der Waals surface area contributed by atoms with E-state index in [9.17, 15) is 29.4 Å². The summed E-state index contributed by atoms with van der Waals surface area (Å²) in [7, 11) is 1.57. The van der Waals surface area contributed by atoms with Crippen LogP contribution in [0.5, 0.6) is 5.75 Å². The summed E-state index contributed by atoms with van der Waals surface area (Å²) in [6.07, 6.45) is 2.33. The molecule has 0 bridgehead atoms. The van der Waals surface area contributed by atoms with E-state index >= 15 is 0 Å². The van der Waals surface area contributed by atoms with Gasteiger partial charge in [0.1, 0.15) is 10.8 Å². The molecule has 0 aliphatic carbocycles. The van der Waals surface area contributed by atoms with E-state index in [-0.39, 0.29) is 18.1 Å². The van der Waals surface area contributed by atoms with E-state index in [1.54, 1.807) is 7.05 Å². The molecule has 0 aromatic carbocycles. The molecule has 0 saturated carbocycles. The average molecular weight is 482 g/mol. The molecule has 0 spiro atoms. The molecular formula is C17H19N7O6S2. The van der Waals surface area contributed by atoms with Gasteiger partial charge in [0.25, 0.3) is 5.91 Å². The maximum Gasteiger partial charge on any atom is 0.313 e. The van der Waals surface area contributed by atoms with Crippen molar-refractivity contribution in [3.63, 3.8) is 0 Å². The number of hydrogen-bond acceptors (Lipinski definition) is 10. The fourth-order valence-electron chi connectivity index (χ4n) is 3.89. The molecule has 170 valence electrons. The van der Waals surface area contributed by atoms with Gasteiger partial charge in [-0.1, -0.05) is 0 Å². The molecule has 13 nitrogen and oxygen atoms in total. The van der Waals surface area contributed by atoms with Crippen molar-refractivity contribution in [2.45, 2.75) is 23.6 Å². The van der Waals surface area contributed by atoms with Gasteiger partial charge in [-0.25, -0.2) is 9.69 Å². The first-order valence-corrected chi connectivity index (χ1v) is 10.9. The van der Waals surface area contributed by atoms with Gasteiger partial charge in [0.2, 0.25) is 11.3 Å². The van der Waals surface area contributed by atoms with Crippen LogP contribution in [-0.4, -0.2) is 81.5 Å². The molecule has 2 saturated heterocycles. The molecule has 4 heterocycles. The third-order valence-corrected chi connectivity index (χ3v) is 7.91. The number of hydrogen-bond donors (Lipinski definition) is 3. The SMILES string of the molecule is CC(=O)N(C1C(=O)N2CC(C(=O)O)(C(S)c3nnnn3C)CS[C@H]12)n1ccc(=O)c(O)c1. The number of aliphatic carboxylic acids is 1. The maximum atomic E-state index is 13.1. The van der Waals surface area contributed by atoms with Gasteiger partial charge in [-0.2, -0.15) is 12.6 Å². The van der Waals surface area contributed by atoms with E-state index in [0.29, 0.717) is 0 Å². The minimum absolute atomic E-state index is 0.0927. The quantitative estimate of drug-likeness (QED) is 0.341. The number of nitrogens with zero attached hydrogens (tertiary/aromatic N) is 7. The smallest absolute Gasteiger partial charge is 0.313 e. The van der Waals surface area contributed by atoms with Crippen LogP contribution in [0.1, 0.15) is 18.0 Å². The Bertz CT molecular complexity index is 1170. The lowest BCUT2D eigenvalue weighted by atomic mass is 9.83. The Morgan fingerprint density at radius 1 is 1.41 bits per heavy atom. The summed E-state index contributed by atoms with van der Waals surface area (Å²) >= 11 is 5.70. The highest BCUT2D eigenvalue weighted by Crippen LogP contribution is 2.50. The zero-order chi connectivity index (χ0) is 23.4. The Morgan fingerprint density at radius 3 is 2.69 bits per heavy atom. The second-order valence-electron chi connectivity index (χ2n) is 7.57. The van der Waals surface area contributed by atoms with Crippen LogP contribution in [0.4, 0.5) is 0 Å². The van der Waals surface area contributed by atoms with E-state index in [2.05, 4.69) is 28.2 Å². The lowest BCUT2D eigenvalue weighted by molar-refractivity contribution is -0.158. The zero-order valence-electron chi connectivity index (χ0n) is 16.9. The molecule has 32 heavy (non-hydrogen) atoms. The van der Waals surface area contributed by atoms with Gasteiger partial charge in [-0.15, -0.1) is 16.9 Å². The fourth-order valence-corrected chi connectivity index (χ4v) is 6.14. The van der Waals surface area contributed by atoms with Crippen LogP contribution in [0.15, 0.2) is 23.3 Å². The fraction of sp³-hybridized carbons (Fsp3) is 0.471. The Kier molecular flexibility index (Phi) is 5.40. The predicted molar refractivity (Wildman–Crippen MR) is 114 cm³/mol. The molecular weight excluding hydrogens is 462 g/mol. The highest BCUT2D eigenvalue weighted by atomic mass is 32.2. The largest absolute Gasteiger partial charge is 0.503 e. The molecule has 4 atom stereocenters. The summed E-state index contributed by atoms with van der Waals surface area (Å²) < 4.78 is 2.52. The van der Waals surface area contributed by atoms with Gasteiger partial charge in [-0.3, -0.25) is 23.9 Å². The molecule has 15 heteroatoms. The summed E-state index contributed by atoms with van der Waals surface area (Å²) in [5.74, 6) is -2.31. The van der Waals surface area contributed by atoms with Crippen molar-refractivity contribution in [2.75, 3.05) is 17.3 Å². The highest BCUT2D eigenvalue weighted by molar-refractivity contribution is 8.00. The van der Waals surface area contributed by atoms with Crippen molar-refractivity contribution in [2.24, 2.45) is 12.5 Å². The van der Waals surface area contributed by atoms with E-state index in [0.717, 1.165) is 17.3 Å². The lowest BCUT2D eigenvalue weighted by Gasteiger charge is -2.56. The molecule has 2 fully saturated rings. The predicted octanol–water partition coefficient (Wildman–Crippen LogP) is -1.41. The molecule has 0 radical (unpaired) electrons. The maximum absolute atomic E-state index is 13.1. The normalized spacial score (nSPS) is 25.6. The summed E-state index contributed by atoms with van der Waals surface area (Å²) in [5.41, 5.74) is -2.08. The third kappa shape index (κ3) is 3.23. The van der Waals surface area contributed by atoms with Crippen molar-refractivity contribution in [1.82, 2.24) is 29.8 Å². The number of aryl methyl sites for hydroxylation is 1. The van der Waals surface area contributed by atoms with Gasteiger partial charge in [0.05, 0.1) is 11.4 Å². The monoisotopic (exact) mass is 481 g/mol. The first-order valence-electron chi connectivity index (χ1n) is 9.35. The summed E-state index contributed by atoms with van der Waals surface area (Å²) in [6.45, 7) is 1.11. The number of thiol groups is 1. The molecule has 2 aromatic rings. The van der Waals surface area contributed by atoms with Crippen LogP contribution in [0.25, 0.3) is 0 Å². The van der Waals surface area contributed by atoms with Crippen molar-refractivity contribution >= 4 is 42.2 Å². The van der Waals surface area contributed by atoms with Gasteiger partial charge in [0, 0.05) is 38.5 Å². The number of carboxylic acid groups (broad SMARTS) is 1. The summed E-state index contributed by atoms with van der Waals surface area (Å²) in [5, 5.41) is 30.7. The van der Waals surface area contributed by atoms with Crippen molar-refractivity contribution in [3.8, 4) is 5.75 Å². The van der Waals surface area contributed by atoms with E-state index in [1.165, 1.54) is 39.1 Å². The topological polar surface area (TPSA) is 164 Å². The number of fused-ring (bicyclic) bond motifs is 1. The number of thioether (sulfide) groups is 1. The highest BCUT2D eigenvalue weighted by Gasteiger charge is 2.62. The van der Waals surface area contributed by atoms with E-state index in [1.807, 2.05) is 0 Å². The van der Waals surface area contributed by atoms with Crippen molar-refractivity contribution in [3.05, 3.63) is 34.5 Å². The number of carbonyl (C=O) groups excluding carboxylic acids is 2. The molecule has 4 rings (SSSR count). The molecule has 3 unspecified atom stereocenters. The first kappa shape index (κ1) is 22.1. The Hall–Kier alpha value is -3.07. The minimum atomic E-state index is -1.45. The van der Waals surface area contributed by atoms with Crippen LogP contribution < -0.4 is 10.4 Å². The number of aromatic hydroxyl groups is 1. The standard InChI is InChI=1S/C17H19N7O6S2/c1-8(25)24(22-4-3-9(26)10(27)5-22)11-14(28)23-6-17(16(29)30,7-32-15(11)23)12(31)13-18-19-20-21(13)2/h3-5,11-12,15,27,31H,6-7H2,1-2H3,(H,29,30)/t11?,12?,15-,17?/m1/s1. The number of carboxylic acids is 1. The third-order valence-electron chi connectivity index (χ3n) is 5.64. The van der Waals surface area contributed by atoms with Crippen LogP contribution in [0.3, 0.4) is 0 Å². The first-order chi connectivity index (χ1) is 15.1. The van der Waals surface area contributed by atoms with Gasteiger partial charge in [-0.05, 0) is 10.4 Å². The van der Waals surface area contributed by atoms with Gasteiger partial charge >= 0.3 is 5.97 Å². The minimum Gasteiger partial charge on any atom is -0.503 e. The number of carbonyl (C=O) groups is 3. The summed E-state index contributed by atoms with van der Waals surface area (Å²) in [6, 6.07) is 0.150. The number of rotatable bonds is 5. The number of pyridine rings is 1. The second-order valence-corrected chi connectivity index (χ2v) is 9.20. The number of amides is 2. The van der Waals surface area contributed by atoms with Crippen LogP contribution in [0, 0.1) is 5.41 Å². The van der Waals surface area contributed by atoms with Crippen molar-refractivity contribution in [1.29, 1.82) is 0 Å². The molecule has 2 aliphatic rings. The van der Waals surface area contributed by atoms with Crippen molar-refractivity contribution < 1.29 is 24.6 Å². The van der Waals surface area contributed by atoms with Gasteiger partial charge in [0.15, 0.2) is 17.6 Å². The van der Waals surface area contributed by atoms with Crippen LogP contribution in [-0.2, 0) is 21.4 Å².